The summed E-state index contributed by atoms with van der Waals surface area (Å²) in [5, 5.41) is 3.55. The summed E-state index contributed by atoms with van der Waals surface area (Å²) in [5.41, 5.74) is 1.29. The van der Waals surface area contributed by atoms with Crippen molar-refractivity contribution in [1.29, 1.82) is 0 Å². The molecule has 0 aliphatic carbocycles. The Balaban J connectivity index is 2.26. The molecule has 19 heavy (non-hydrogen) atoms. The zero-order chi connectivity index (χ0) is 13.9. The molecule has 0 aliphatic heterocycles. The van der Waals surface area contributed by atoms with Crippen LogP contribution in [-0.4, -0.2) is 24.2 Å². The van der Waals surface area contributed by atoms with E-state index in [2.05, 4.69) is 37.9 Å². The van der Waals surface area contributed by atoms with Crippen LogP contribution < -0.4 is 10.1 Å². The predicted molar refractivity (Wildman–Crippen MR) is 86.1 cm³/mol. The molecular weight excluding hydrogens is 254 g/mol. The zero-order valence-electron chi connectivity index (χ0n) is 12.0. The molecule has 1 unspecified atom stereocenters. The van der Waals surface area contributed by atoms with Crippen molar-refractivity contribution in [1.82, 2.24) is 5.32 Å². The normalized spacial score (nSPS) is 12.1. The third-order valence-corrected chi connectivity index (χ3v) is 3.78. The molecule has 0 heterocycles. The predicted octanol–water partition coefficient (Wildman–Crippen LogP) is 3.87. The van der Waals surface area contributed by atoms with Crippen molar-refractivity contribution in [2.75, 3.05) is 18.1 Å². The van der Waals surface area contributed by atoms with Crippen LogP contribution in [0.3, 0.4) is 0 Å². The molecule has 0 saturated carbocycles. The number of rotatable bonds is 10. The number of hydrogen-bond acceptors (Lipinski definition) is 3. The summed E-state index contributed by atoms with van der Waals surface area (Å²) in [5.74, 6) is 3.34. The molecule has 0 radical (unpaired) electrons. The quantitative estimate of drug-likeness (QED) is 0.519. The van der Waals surface area contributed by atoms with E-state index in [-0.39, 0.29) is 0 Å². The molecule has 2 nitrogen and oxygen atoms in total. The van der Waals surface area contributed by atoms with Gasteiger partial charge < -0.3 is 10.1 Å². The Bertz CT molecular complexity index is 350. The van der Waals surface area contributed by atoms with E-state index in [1.165, 1.54) is 23.5 Å². The van der Waals surface area contributed by atoms with Gasteiger partial charge in [-0.05, 0) is 42.5 Å². The average Bonchev–Trinajstić information content (AvgIpc) is 2.44. The van der Waals surface area contributed by atoms with Crippen LogP contribution in [0.4, 0.5) is 0 Å². The molecule has 1 N–H and O–H groups in total. The minimum absolute atomic E-state index is 0.559. The van der Waals surface area contributed by atoms with E-state index >= 15 is 0 Å². The van der Waals surface area contributed by atoms with Crippen molar-refractivity contribution in [2.45, 2.75) is 32.9 Å². The second-order valence-electron chi connectivity index (χ2n) is 4.51. The summed E-state index contributed by atoms with van der Waals surface area (Å²) < 4.78 is 5.46. The van der Waals surface area contributed by atoms with Crippen molar-refractivity contribution < 1.29 is 4.74 Å². The van der Waals surface area contributed by atoms with Gasteiger partial charge in [-0.3, -0.25) is 0 Å². The highest BCUT2D eigenvalue weighted by atomic mass is 32.2. The Kier molecular flexibility index (Phi) is 8.43. The van der Waals surface area contributed by atoms with Gasteiger partial charge in [0.25, 0.3) is 0 Å². The van der Waals surface area contributed by atoms with Gasteiger partial charge >= 0.3 is 0 Å². The monoisotopic (exact) mass is 279 g/mol. The molecule has 1 rings (SSSR count). The summed E-state index contributed by atoms with van der Waals surface area (Å²) in [6, 6.07) is 8.81. The maximum Gasteiger partial charge on any atom is 0.119 e. The molecule has 0 aliphatic rings. The summed E-state index contributed by atoms with van der Waals surface area (Å²) in [7, 11) is 0. The average molecular weight is 279 g/mol. The number of hydrogen-bond donors (Lipinski definition) is 1. The molecule has 0 amide bonds. The van der Waals surface area contributed by atoms with E-state index in [9.17, 15) is 0 Å². The van der Waals surface area contributed by atoms with E-state index in [4.69, 9.17) is 4.74 Å². The minimum atomic E-state index is 0.559. The van der Waals surface area contributed by atoms with Gasteiger partial charge in [0.2, 0.25) is 0 Å². The summed E-state index contributed by atoms with van der Waals surface area (Å²) in [4.78, 5) is 0. The smallest absolute Gasteiger partial charge is 0.119 e. The molecule has 0 aromatic heterocycles. The molecule has 106 valence electrons. The van der Waals surface area contributed by atoms with Crippen molar-refractivity contribution in [3.8, 4) is 5.75 Å². The van der Waals surface area contributed by atoms with E-state index in [1.54, 1.807) is 6.08 Å². The van der Waals surface area contributed by atoms with Crippen LogP contribution in [0.2, 0.25) is 0 Å². The first-order chi connectivity index (χ1) is 9.26. The van der Waals surface area contributed by atoms with Crippen LogP contribution >= 0.6 is 11.8 Å². The minimum Gasteiger partial charge on any atom is -0.490 e. The van der Waals surface area contributed by atoms with Crippen molar-refractivity contribution in [3.63, 3.8) is 0 Å². The Morgan fingerprint density at radius 3 is 2.74 bits per heavy atom. The van der Waals surface area contributed by atoms with E-state index in [0.29, 0.717) is 12.6 Å². The van der Waals surface area contributed by atoms with Gasteiger partial charge in [-0.25, -0.2) is 0 Å². The van der Waals surface area contributed by atoms with Gasteiger partial charge in [0.05, 0.1) is 0 Å². The van der Waals surface area contributed by atoms with Gasteiger partial charge in [0.15, 0.2) is 0 Å². The maximum absolute atomic E-state index is 5.46. The van der Waals surface area contributed by atoms with Gasteiger partial charge in [-0.2, -0.15) is 11.8 Å². The molecule has 0 spiro atoms. The Morgan fingerprint density at radius 2 is 2.11 bits per heavy atom. The highest BCUT2D eigenvalue weighted by Crippen LogP contribution is 2.12. The Labute approximate surface area is 121 Å². The lowest BCUT2D eigenvalue weighted by atomic mass is 10.2. The molecule has 1 aromatic carbocycles. The first-order valence-corrected chi connectivity index (χ1v) is 8.05. The Morgan fingerprint density at radius 1 is 1.37 bits per heavy atom. The molecule has 0 fully saturated rings. The van der Waals surface area contributed by atoms with Crippen LogP contribution in [0, 0.1) is 0 Å². The summed E-state index contributed by atoms with van der Waals surface area (Å²) in [6.07, 6.45) is 2.98. The first-order valence-electron chi connectivity index (χ1n) is 6.90. The number of ether oxygens (including phenoxy) is 1. The molecular formula is C16H25NOS. The lowest BCUT2D eigenvalue weighted by Gasteiger charge is -2.13. The molecule has 0 saturated heterocycles. The lowest BCUT2D eigenvalue weighted by molar-refractivity contribution is 0.363. The number of benzene rings is 1. The third-order valence-electron chi connectivity index (χ3n) is 2.85. The topological polar surface area (TPSA) is 21.3 Å². The highest BCUT2D eigenvalue weighted by Gasteiger charge is 2.01. The highest BCUT2D eigenvalue weighted by molar-refractivity contribution is 7.99. The van der Waals surface area contributed by atoms with Crippen LogP contribution in [0.25, 0.3) is 0 Å². The first kappa shape index (κ1) is 16.1. The fraction of sp³-hybridized carbons (Fsp3) is 0.500. The van der Waals surface area contributed by atoms with Gasteiger partial charge in [0.1, 0.15) is 12.4 Å². The fourth-order valence-electron chi connectivity index (χ4n) is 1.66. The van der Waals surface area contributed by atoms with Crippen molar-refractivity contribution in [2.24, 2.45) is 0 Å². The van der Waals surface area contributed by atoms with E-state index in [1.807, 2.05) is 23.9 Å². The molecule has 3 heteroatoms. The van der Waals surface area contributed by atoms with Gasteiger partial charge in [-0.1, -0.05) is 31.7 Å². The third kappa shape index (κ3) is 7.28. The van der Waals surface area contributed by atoms with E-state index in [0.717, 1.165) is 12.3 Å². The summed E-state index contributed by atoms with van der Waals surface area (Å²) >= 11 is 2.00. The molecule has 1 atom stereocenters. The van der Waals surface area contributed by atoms with E-state index < -0.39 is 0 Å². The zero-order valence-corrected chi connectivity index (χ0v) is 12.8. The lowest BCUT2D eigenvalue weighted by Crippen LogP contribution is -2.25. The van der Waals surface area contributed by atoms with Crippen LogP contribution in [0.15, 0.2) is 36.9 Å². The number of thioether (sulfide) groups is 1. The maximum atomic E-state index is 5.46. The molecule has 1 aromatic rings. The molecule has 0 bridgehead atoms. The van der Waals surface area contributed by atoms with Crippen molar-refractivity contribution in [3.05, 3.63) is 42.5 Å². The largest absolute Gasteiger partial charge is 0.490 e. The number of nitrogens with one attached hydrogen (secondary N) is 1. The van der Waals surface area contributed by atoms with Crippen LogP contribution in [0.1, 0.15) is 25.8 Å². The van der Waals surface area contributed by atoms with Gasteiger partial charge in [-0.15, -0.1) is 0 Å². The second kappa shape index (κ2) is 9.93. The SMILES string of the molecule is C=CCOc1ccc(CNC(C)CCSCC)cc1. The Hall–Kier alpha value is -0.930. The van der Waals surface area contributed by atoms with Crippen LogP contribution in [-0.2, 0) is 6.54 Å². The second-order valence-corrected chi connectivity index (χ2v) is 5.91. The van der Waals surface area contributed by atoms with Crippen LogP contribution in [0.5, 0.6) is 5.75 Å². The van der Waals surface area contributed by atoms with Gasteiger partial charge in [0, 0.05) is 12.6 Å². The van der Waals surface area contributed by atoms with Crippen molar-refractivity contribution >= 4 is 11.8 Å². The summed E-state index contributed by atoms with van der Waals surface area (Å²) in [6.45, 7) is 9.57. The fourth-order valence-corrected chi connectivity index (χ4v) is 2.47. The standard InChI is InChI=1S/C16H25NOS/c1-4-11-18-16-8-6-15(7-9-16)13-17-14(3)10-12-19-5-2/h4,6-9,14,17H,1,5,10-13H2,2-3H3.